The molecule has 0 saturated carbocycles. The number of nitrogens with one attached hydrogen (secondary N) is 1. The van der Waals surface area contributed by atoms with E-state index < -0.39 is 33.9 Å². The number of aryl methyl sites for hydroxylation is 1. The van der Waals surface area contributed by atoms with Crippen molar-refractivity contribution in [3.05, 3.63) is 23.8 Å². The number of amides is 1. The molecule has 1 N–H and O–H groups in total. The number of hydrogen-bond donors (Lipinski definition) is 1. The lowest BCUT2D eigenvalue weighted by molar-refractivity contribution is -0.275. The van der Waals surface area contributed by atoms with Crippen molar-refractivity contribution in [2.45, 2.75) is 57.7 Å². The summed E-state index contributed by atoms with van der Waals surface area (Å²) in [4.78, 5) is 12.7. The molecule has 0 aliphatic carbocycles. The van der Waals surface area contributed by atoms with Crippen molar-refractivity contribution in [2.75, 3.05) is 14.1 Å². The first-order valence-electron chi connectivity index (χ1n) is 8.65. The van der Waals surface area contributed by atoms with Gasteiger partial charge in [-0.15, -0.1) is 13.2 Å². The summed E-state index contributed by atoms with van der Waals surface area (Å²) >= 11 is 0. The maximum atomic E-state index is 12.7. The van der Waals surface area contributed by atoms with Crippen LogP contribution in [0.3, 0.4) is 0 Å². The zero-order valence-corrected chi connectivity index (χ0v) is 17.7. The fourth-order valence-electron chi connectivity index (χ4n) is 1.98. The van der Waals surface area contributed by atoms with Crippen LogP contribution in [0.15, 0.2) is 18.2 Å². The summed E-state index contributed by atoms with van der Waals surface area (Å²) in [6, 6.07) is 3.91. The summed E-state index contributed by atoms with van der Waals surface area (Å²) in [6.07, 6.45) is -4.77. The molecule has 0 spiro atoms. The molecule has 28 heavy (non-hydrogen) atoms. The van der Waals surface area contributed by atoms with E-state index in [9.17, 15) is 22.2 Å². The Kier molecular flexibility index (Phi) is 8.30. The Hall–Kier alpha value is -1.81. The Morgan fingerprint density at radius 1 is 1.21 bits per heavy atom. The second kappa shape index (κ2) is 9.60. The smallest absolute Gasteiger partial charge is 0.406 e. The third-order valence-corrected chi connectivity index (χ3v) is 5.26. The largest absolute Gasteiger partial charge is 0.573 e. The molecule has 1 aromatic carbocycles. The lowest BCUT2D eigenvalue weighted by Gasteiger charge is -2.22. The standard InChI is InChI=1S/C18H27F3N2O4S/c1-12(22-28(25)17(2,3)4)7-8-13-9-10-14(26-16(24)23(5)6)15(11-13)27-18(19,20)21/h9-12,22H,7-8H2,1-6H3/t12-,28-/m1/s1. The number of ether oxygens (including phenoxy) is 2. The number of halogens is 3. The highest BCUT2D eigenvalue weighted by Crippen LogP contribution is 2.34. The molecule has 0 unspecified atom stereocenters. The Morgan fingerprint density at radius 2 is 1.82 bits per heavy atom. The molecule has 0 aliphatic heterocycles. The molecule has 0 radical (unpaired) electrons. The second-order valence-corrected chi connectivity index (χ2v) is 9.53. The van der Waals surface area contributed by atoms with Gasteiger partial charge in [-0.3, -0.25) is 0 Å². The second-order valence-electron chi connectivity index (χ2n) is 7.53. The molecule has 160 valence electrons. The van der Waals surface area contributed by atoms with E-state index in [0.29, 0.717) is 18.4 Å². The van der Waals surface area contributed by atoms with Crippen LogP contribution >= 0.6 is 0 Å². The molecule has 0 aliphatic rings. The van der Waals surface area contributed by atoms with Gasteiger partial charge in [0.2, 0.25) is 0 Å². The van der Waals surface area contributed by atoms with Gasteiger partial charge in [0, 0.05) is 20.1 Å². The highest BCUT2D eigenvalue weighted by Gasteiger charge is 2.33. The van der Waals surface area contributed by atoms with E-state index in [1.54, 1.807) is 6.07 Å². The molecule has 1 rings (SSSR count). The molecule has 6 nitrogen and oxygen atoms in total. The summed E-state index contributed by atoms with van der Waals surface area (Å²) in [6.45, 7) is 7.38. The molecule has 0 heterocycles. The van der Waals surface area contributed by atoms with Gasteiger partial charge in [-0.05, 0) is 58.2 Å². The van der Waals surface area contributed by atoms with Gasteiger partial charge in [-0.2, -0.15) is 0 Å². The summed E-state index contributed by atoms with van der Waals surface area (Å²) in [5.74, 6) is -0.904. The zero-order valence-electron chi connectivity index (χ0n) is 16.8. The van der Waals surface area contributed by atoms with Crippen molar-refractivity contribution in [3.63, 3.8) is 0 Å². The molecular weight excluding hydrogens is 397 g/mol. The van der Waals surface area contributed by atoms with Crippen LogP contribution in [0.2, 0.25) is 0 Å². The average Bonchev–Trinajstić information content (AvgIpc) is 2.52. The van der Waals surface area contributed by atoms with Crippen LogP contribution in [0.5, 0.6) is 11.5 Å². The number of carbonyl (C=O) groups is 1. The van der Waals surface area contributed by atoms with Gasteiger partial charge in [0.15, 0.2) is 11.5 Å². The minimum absolute atomic E-state index is 0.113. The first kappa shape index (κ1) is 24.2. The quantitative estimate of drug-likeness (QED) is 0.718. The van der Waals surface area contributed by atoms with E-state index in [-0.39, 0.29) is 11.8 Å². The molecule has 0 fully saturated rings. The molecular formula is C18H27F3N2O4S. The highest BCUT2D eigenvalue weighted by molar-refractivity contribution is 7.84. The van der Waals surface area contributed by atoms with Crippen LogP contribution in [-0.2, 0) is 17.4 Å². The van der Waals surface area contributed by atoms with Crippen molar-refractivity contribution in [2.24, 2.45) is 0 Å². The normalized spacial score (nSPS) is 14.3. The van der Waals surface area contributed by atoms with Gasteiger partial charge in [0.05, 0.1) is 15.7 Å². The van der Waals surface area contributed by atoms with Gasteiger partial charge in [-0.25, -0.2) is 13.7 Å². The van der Waals surface area contributed by atoms with Gasteiger partial charge >= 0.3 is 12.5 Å². The molecule has 0 aromatic heterocycles. The molecule has 0 saturated heterocycles. The van der Waals surface area contributed by atoms with Crippen molar-refractivity contribution in [3.8, 4) is 11.5 Å². The van der Waals surface area contributed by atoms with E-state index >= 15 is 0 Å². The molecule has 2 atom stereocenters. The third-order valence-electron chi connectivity index (χ3n) is 3.53. The Balaban J connectivity index is 2.89. The van der Waals surface area contributed by atoms with Crippen molar-refractivity contribution >= 4 is 17.1 Å². The van der Waals surface area contributed by atoms with Crippen molar-refractivity contribution < 1.29 is 31.6 Å². The Morgan fingerprint density at radius 3 is 2.32 bits per heavy atom. The highest BCUT2D eigenvalue weighted by atomic mass is 32.2. The van der Waals surface area contributed by atoms with E-state index in [1.165, 1.54) is 26.2 Å². The van der Waals surface area contributed by atoms with Crippen LogP contribution in [0.1, 0.15) is 39.7 Å². The van der Waals surface area contributed by atoms with E-state index in [2.05, 4.69) is 9.46 Å². The Bertz CT molecular complexity index is 703. The van der Waals surface area contributed by atoms with Gasteiger partial charge in [0.25, 0.3) is 0 Å². The lowest BCUT2D eigenvalue weighted by atomic mass is 10.1. The number of alkyl halides is 3. The molecule has 0 bridgehead atoms. The van der Waals surface area contributed by atoms with E-state index in [4.69, 9.17) is 4.74 Å². The zero-order chi connectivity index (χ0) is 21.7. The van der Waals surface area contributed by atoms with Gasteiger partial charge < -0.3 is 14.4 Å². The maximum absolute atomic E-state index is 12.7. The first-order chi connectivity index (χ1) is 12.7. The molecule has 10 heteroatoms. The minimum Gasteiger partial charge on any atom is -0.406 e. The minimum atomic E-state index is -4.92. The van der Waals surface area contributed by atoms with Gasteiger partial charge in [-0.1, -0.05) is 6.07 Å². The predicted octanol–water partition coefficient (Wildman–Crippen LogP) is 4.02. The van der Waals surface area contributed by atoms with Crippen molar-refractivity contribution in [1.82, 2.24) is 9.62 Å². The Labute approximate surface area is 166 Å². The number of carbonyl (C=O) groups excluding carboxylic acids is 1. The summed E-state index contributed by atoms with van der Waals surface area (Å²) in [7, 11) is 1.58. The number of hydrogen-bond acceptors (Lipinski definition) is 4. The third kappa shape index (κ3) is 8.47. The lowest BCUT2D eigenvalue weighted by Crippen LogP contribution is -2.38. The SMILES string of the molecule is C[C@H](CCc1ccc(OC(=O)N(C)C)c(OC(F)(F)F)c1)N[S@](=O)C(C)(C)C. The topological polar surface area (TPSA) is 67.9 Å². The van der Waals surface area contributed by atoms with E-state index in [1.807, 2.05) is 27.7 Å². The van der Waals surface area contributed by atoms with Crippen molar-refractivity contribution in [1.29, 1.82) is 0 Å². The fourth-order valence-corrected chi connectivity index (χ4v) is 2.82. The summed E-state index contributed by atoms with van der Waals surface area (Å²) < 4.78 is 61.7. The monoisotopic (exact) mass is 424 g/mol. The maximum Gasteiger partial charge on any atom is 0.573 e. The first-order valence-corrected chi connectivity index (χ1v) is 9.80. The fraction of sp³-hybridized carbons (Fsp3) is 0.611. The van der Waals surface area contributed by atoms with Crippen LogP contribution in [0, 0.1) is 0 Å². The number of nitrogens with zero attached hydrogens (tertiary/aromatic N) is 1. The average molecular weight is 424 g/mol. The van der Waals surface area contributed by atoms with Crippen LogP contribution < -0.4 is 14.2 Å². The van der Waals surface area contributed by atoms with E-state index in [0.717, 1.165) is 4.90 Å². The summed E-state index contributed by atoms with van der Waals surface area (Å²) in [5, 5.41) is 0. The van der Waals surface area contributed by atoms with Gasteiger partial charge in [0.1, 0.15) is 0 Å². The number of rotatable bonds is 7. The van der Waals surface area contributed by atoms with Crippen LogP contribution in [-0.4, -0.2) is 46.4 Å². The summed E-state index contributed by atoms with van der Waals surface area (Å²) in [5.41, 5.74) is 0.569. The van der Waals surface area contributed by atoms with Crippen LogP contribution in [0.25, 0.3) is 0 Å². The molecule has 1 aromatic rings. The molecule has 1 amide bonds. The van der Waals surface area contributed by atoms with Crippen LogP contribution in [0.4, 0.5) is 18.0 Å². The number of benzene rings is 1. The predicted molar refractivity (Wildman–Crippen MR) is 102 cm³/mol.